The Morgan fingerprint density at radius 3 is 2.35 bits per heavy atom. The van der Waals surface area contributed by atoms with Gasteiger partial charge in [-0.3, -0.25) is 14.4 Å². The number of allylic oxidation sites excluding steroid dienone is 1. The minimum atomic E-state index is -1.15. The average molecular weight is 725 g/mol. The lowest BCUT2D eigenvalue weighted by atomic mass is 9.32. The number of rotatable bonds is 9. The lowest BCUT2D eigenvalue weighted by Gasteiger charge is -2.73. The maximum atomic E-state index is 14.1. The Bertz CT molecular complexity index is 1410. The number of amides is 1. The van der Waals surface area contributed by atoms with E-state index in [-0.39, 0.29) is 46.2 Å². The molecule has 6 fully saturated rings. The summed E-state index contributed by atoms with van der Waals surface area (Å²) in [6.07, 6.45) is 10.5. The zero-order chi connectivity index (χ0) is 38.2. The number of likely N-dealkylation sites (N-methyl/N-ethyl adjacent to an activating group) is 2. The molecular formula is C44H72N2O6. The van der Waals surface area contributed by atoms with Crippen LogP contribution in [0.2, 0.25) is 0 Å². The quantitative estimate of drug-likeness (QED) is 0.190. The van der Waals surface area contributed by atoms with Crippen LogP contribution in [0.3, 0.4) is 0 Å². The molecule has 0 spiro atoms. The van der Waals surface area contributed by atoms with E-state index in [2.05, 4.69) is 60.1 Å². The Hall–Kier alpha value is -1.93. The van der Waals surface area contributed by atoms with Crippen molar-refractivity contribution in [3.63, 3.8) is 0 Å². The van der Waals surface area contributed by atoms with Gasteiger partial charge in [0.15, 0.2) is 0 Å². The van der Waals surface area contributed by atoms with Gasteiger partial charge in [0.05, 0.1) is 24.5 Å². The van der Waals surface area contributed by atoms with Gasteiger partial charge >= 0.3 is 11.9 Å². The van der Waals surface area contributed by atoms with E-state index in [0.717, 1.165) is 51.8 Å². The van der Waals surface area contributed by atoms with Crippen molar-refractivity contribution in [2.45, 2.75) is 138 Å². The first-order valence-electron chi connectivity index (χ1n) is 20.8. The normalized spacial score (nSPS) is 42.9. The summed E-state index contributed by atoms with van der Waals surface area (Å²) in [6, 6.07) is 0. The fourth-order valence-corrected chi connectivity index (χ4v) is 14.2. The summed E-state index contributed by atoms with van der Waals surface area (Å²) < 4.78 is 12.3. The number of fused-ring (bicyclic) bond motifs is 7. The molecule has 0 aromatic heterocycles. The van der Waals surface area contributed by atoms with Crippen LogP contribution in [0.5, 0.6) is 0 Å². The van der Waals surface area contributed by atoms with E-state index in [0.29, 0.717) is 54.4 Å². The molecule has 1 heterocycles. The summed E-state index contributed by atoms with van der Waals surface area (Å²) in [5, 5.41) is 9.63. The predicted molar refractivity (Wildman–Crippen MR) is 204 cm³/mol. The van der Waals surface area contributed by atoms with Crippen LogP contribution >= 0.6 is 0 Å². The van der Waals surface area contributed by atoms with Gasteiger partial charge in [-0.2, -0.15) is 0 Å². The minimum absolute atomic E-state index is 0.0707. The van der Waals surface area contributed by atoms with E-state index in [1.54, 1.807) is 13.8 Å². The van der Waals surface area contributed by atoms with Crippen LogP contribution in [0.25, 0.3) is 0 Å². The van der Waals surface area contributed by atoms with E-state index >= 15 is 0 Å². The van der Waals surface area contributed by atoms with Gasteiger partial charge in [0.25, 0.3) is 0 Å². The smallest absolute Gasteiger partial charge is 0.309 e. The number of carbonyl (C=O) groups excluding carboxylic acids is 2. The van der Waals surface area contributed by atoms with Crippen molar-refractivity contribution in [2.24, 2.45) is 68.5 Å². The number of hydrogen-bond acceptors (Lipinski definition) is 6. The van der Waals surface area contributed by atoms with Crippen LogP contribution in [0.1, 0.15) is 126 Å². The number of aliphatic carboxylic acids is 1. The first-order valence-corrected chi connectivity index (χ1v) is 20.8. The van der Waals surface area contributed by atoms with Crippen LogP contribution in [-0.2, 0) is 23.9 Å². The third kappa shape index (κ3) is 6.60. The summed E-state index contributed by atoms with van der Waals surface area (Å²) in [5.74, 6) is 2.61. The van der Waals surface area contributed by atoms with Crippen molar-refractivity contribution in [1.29, 1.82) is 0 Å². The molecule has 0 radical (unpaired) electrons. The van der Waals surface area contributed by atoms with Gasteiger partial charge in [-0.15, -0.1) is 0 Å². The van der Waals surface area contributed by atoms with Crippen molar-refractivity contribution >= 4 is 17.8 Å². The zero-order valence-electron chi connectivity index (χ0n) is 34.4. The van der Waals surface area contributed by atoms with Crippen LogP contribution in [-0.4, -0.2) is 85.3 Å². The number of esters is 1. The summed E-state index contributed by atoms with van der Waals surface area (Å²) in [7, 11) is 4.12. The number of carbonyl (C=O) groups is 3. The van der Waals surface area contributed by atoms with Crippen LogP contribution in [0.15, 0.2) is 12.2 Å². The molecule has 0 bridgehead atoms. The molecule has 1 aliphatic heterocycles. The Kier molecular flexibility index (Phi) is 10.7. The third-order valence-electron chi connectivity index (χ3n) is 17.2. The maximum Gasteiger partial charge on any atom is 0.309 e. The van der Waals surface area contributed by atoms with Gasteiger partial charge < -0.3 is 24.4 Å². The number of carboxylic acids is 1. The molecule has 1 amide bonds. The van der Waals surface area contributed by atoms with E-state index in [1.165, 1.54) is 31.3 Å². The standard InChI is InChI=1S/C44H72N2O6/c1-27(2)30-12-13-31-28(22-36(47)46(11)26-29-25-45(10)20-21-51-29)23-44(9)32(38(30)31)14-15-34-42(7)18-17-35(52-37(48)24-40(3,4)39(49)50)41(5,6)33(42)16-19-43(34,44)8/h28-35,38H,1,12-26H2,2-11H3,(H,49,50)/t28-,29?,30-,31?,32+,33-,34+,35-,38-,42-,43+,44+/m0/s1. The summed E-state index contributed by atoms with van der Waals surface area (Å²) >= 11 is 0. The van der Waals surface area contributed by atoms with E-state index in [1.807, 2.05) is 11.9 Å². The van der Waals surface area contributed by atoms with E-state index < -0.39 is 17.4 Å². The Labute approximate surface area is 315 Å². The third-order valence-corrected chi connectivity index (χ3v) is 17.2. The first-order chi connectivity index (χ1) is 24.2. The molecule has 294 valence electrons. The summed E-state index contributed by atoms with van der Waals surface area (Å²) in [4.78, 5) is 43.3. The van der Waals surface area contributed by atoms with Gasteiger partial charge in [-0.25, -0.2) is 0 Å². The summed E-state index contributed by atoms with van der Waals surface area (Å²) in [6.45, 7) is 25.7. The summed E-state index contributed by atoms with van der Waals surface area (Å²) in [5.41, 5.74) is 0.365. The molecule has 8 nitrogen and oxygen atoms in total. The topological polar surface area (TPSA) is 96.4 Å². The van der Waals surface area contributed by atoms with Gasteiger partial charge in [-0.05, 0) is 143 Å². The molecule has 8 heteroatoms. The molecule has 1 saturated heterocycles. The molecule has 5 aliphatic carbocycles. The highest BCUT2D eigenvalue weighted by Crippen LogP contribution is 2.77. The molecule has 6 rings (SSSR count). The number of ether oxygens (including phenoxy) is 2. The first kappa shape index (κ1) is 39.8. The number of hydrogen-bond donors (Lipinski definition) is 1. The SMILES string of the molecule is C=C(C)[C@@H]1CCC2[C@@H](CC(=O)N(C)CC3CN(C)CCO3)C[C@]3(C)[C@H](CC[C@@H]4[C@@]5(C)CC[C@H](OC(=O)CC(C)(C)C(=O)O)C(C)(C)[C@@H]5CC[C@]43C)[C@H]21. The Morgan fingerprint density at radius 2 is 1.69 bits per heavy atom. The van der Waals surface area contributed by atoms with Crippen molar-refractivity contribution < 1.29 is 29.0 Å². The number of nitrogens with zero attached hydrogens (tertiary/aromatic N) is 2. The van der Waals surface area contributed by atoms with Crippen molar-refractivity contribution in [1.82, 2.24) is 9.80 Å². The van der Waals surface area contributed by atoms with E-state index in [9.17, 15) is 19.5 Å². The van der Waals surface area contributed by atoms with Crippen molar-refractivity contribution in [3.8, 4) is 0 Å². The molecule has 0 aromatic carbocycles. The zero-order valence-corrected chi connectivity index (χ0v) is 34.4. The van der Waals surface area contributed by atoms with Crippen molar-refractivity contribution in [2.75, 3.05) is 40.3 Å². The molecule has 2 unspecified atom stereocenters. The van der Waals surface area contributed by atoms with Gasteiger partial charge in [0.1, 0.15) is 6.10 Å². The molecule has 52 heavy (non-hydrogen) atoms. The molecule has 0 aromatic rings. The lowest BCUT2D eigenvalue weighted by Crippen LogP contribution is -2.66. The molecule has 12 atom stereocenters. The molecule has 6 aliphatic rings. The highest BCUT2D eigenvalue weighted by molar-refractivity contribution is 5.81. The second kappa shape index (κ2) is 14.0. The molecule has 5 saturated carbocycles. The average Bonchev–Trinajstić information content (AvgIpc) is 3.48. The maximum absolute atomic E-state index is 14.1. The molecular weight excluding hydrogens is 652 g/mol. The molecule has 1 N–H and O–H groups in total. The predicted octanol–water partition coefficient (Wildman–Crippen LogP) is 8.09. The largest absolute Gasteiger partial charge is 0.481 e. The minimum Gasteiger partial charge on any atom is -0.481 e. The second-order valence-electron chi connectivity index (χ2n) is 20.8. The second-order valence-corrected chi connectivity index (χ2v) is 20.8. The van der Waals surface area contributed by atoms with Crippen LogP contribution in [0.4, 0.5) is 0 Å². The number of carboxylic acid groups (broad SMARTS) is 1. The fraction of sp³-hybridized carbons (Fsp3) is 0.886. The van der Waals surface area contributed by atoms with Crippen LogP contribution in [0, 0.1) is 68.5 Å². The fourth-order valence-electron chi connectivity index (χ4n) is 14.2. The lowest BCUT2D eigenvalue weighted by molar-refractivity contribution is -0.249. The van der Waals surface area contributed by atoms with Crippen molar-refractivity contribution in [3.05, 3.63) is 12.2 Å². The van der Waals surface area contributed by atoms with E-state index in [4.69, 9.17) is 9.47 Å². The van der Waals surface area contributed by atoms with Gasteiger partial charge in [0.2, 0.25) is 5.91 Å². The van der Waals surface area contributed by atoms with Gasteiger partial charge in [-0.1, -0.05) is 46.8 Å². The van der Waals surface area contributed by atoms with Gasteiger partial charge in [0, 0.05) is 38.5 Å². The number of morpholine rings is 1. The highest BCUT2D eigenvalue weighted by atomic mass is 16.5. The Morgan fingerprint density at radius 1 is 0.981 bits per heavy atom. The Balaban J connectivity index is 1.24. The highest BCUT2D eigenvalue weighted by Gasteiger charge is 2.70. The monoisotopic (exact) mass is 725 g/mol. The van der Waals surface area contributed by atoms with Crippen LogP contribution < -0.4 is 0 Å².